The zero-order chi connectivity index (χ0) is 27.7. The molecular weight excluding hydrogens is 520 g/mol. The molecule has 0 aromatic heterocycles. The zero-order valence-electron chi connectivity index (χ0n) is 22.5. The maximum absolute atomic E-state index is 13.8. The van der Waals surface area contributed by atoms with Gasteiger partial charge in [0.2, 0.25) is 5.91 Å². The van der Waals surface area contributed by atoms with Crippen LogP contribution in [0.15, 0.2) is 82.6 Å². The number of nitrogens with zero attached hydrogens (tertiary/aromatic N) is 1. The van der Waals surface area contributed by atoms with Crippen LogP contribution < -0.4 is 19.1 Å². The van der Waals surface area contributed by atoms with Gasteiger partial charge in [0, 0.05) is 4.90 Å². The van der Waals surface area contributed by atoms with Crippen molar-refractivity contribution in [3.05, 3.63) is 78.4 Å². The molecule has 0 heterocycles. The van der Waals surface area contributed by atoms with Crippen LogP contribution in [0.3, 0.4) is 0 Å². The molecule has 0 aliphatic carbocycles. The number of carbonyl (C=O) groups is 1. The first kappa shape index (κ1) is 29.4. The van der Waals surface area contributed by atoms with E-state index in [-0.39, 0.29) is 17.5 Å². The molecule has 0 aliphatic heterocycles. The van der Waals surface area contributed by atoms with E-state index in [9.17, 15) is 13.2 Å². The summed E-state index contributed by atoms with van der Waals surface area (Å²) in [5.41, 5.74) is 1.30. The van der Waals surface area contributed by atoms with Crippen LogP contribution in [-0.4, -0.2) is 40.8 Å². The molecule has 3 aromatic rings. The SMILES string of the molecule is CCOc1ccc(N(CC(=O)N[C@@H](CC(C)C)c2ccc(OC)cc2)S(=O)(=O)c2ccc(SC)cc2)cc1. The van der Waals surface area contributed by atoms with Crippen LogP contribution in [-0.2, 0) is 14.8 Å². The number of thioether (sulfide) groups is 1. The number of sulfonamides is 1. The lowest BCUT2D eigenvalue weighted by atomic mass is 9.97. The quantitative estimate of drug-likeness (QED) is 0.263. The smallest absolute Gasteiger partial charge is 0.264 e. The topological polar surface area (TPSA) is 84.9 Å². The van der Waals surface area contributed by atoms with Crippen molar-refractivity contribution in [1.82, 2.24) is 5.32 Å². The first-order valence-corrected chi connectivity index (χ1v) is 15.2. The molecule has 3 rings (SSSR count). The molecular formula is C29H36N2O5S2. The fourth-order valence-electron chi connectivity index (χ4n) is 4.02. The van der Waals surface area contributed by atoms with Gasteiger partial charge in [-0.15, -0.1) is 11.8 Å². The summed E-state index contributed by atoms with van der Waals surface area (Å²) in [6.45, 7) is 6.17. The highest BCUT2D eigenvalue weighted by Gasteiger charge is 2.28. The molecule has 0 aliphatic rings. The van der Waals surface area contributed by atoms with Crippen molar-refractivity contribution in [2.45, 2.75) is 43.0 Å². The van der Waals surface area contributed by atoms with E-state index in [2.05, 4.69) is 19.2 Å². The average molecular weight is 557 g/mol. The molecule has 9 heteroatoms. The molecule has 0 unspecified atom stereocenters. The van der Waals surface area contributed by atoms with E-state index in [0.29, 0.717) is 30.4 Å². The van der Waals surface area contributed by atoms with Gasteiger partial charge in [0.05, 0.1) is 30.3 Å². The molecule has 1 amide bonds. The van der Waals surface area contributed by atoms with Crippen LogP contribution in [0.2, 0.25) is 0 Å². The number of ether oxygens (including phenoxy) is 2. The summed E-state index contributed by atoms with van der Waals surface area (Å²) in [5, 5.41) is 3.06. The standard InChI is InChI=1S/C29H36N2O5S2/c1-6-36-25-13-9-23(10-14-25)31(38(33,34)27-17-15-26(37-5)16-18-27)20-29(32)30-28(19-21(2)3)22-7-11-24(35-4)12-8-22/h7-18,21,28H,6,19-20H2,1-5H3,(H,30,32)/t28-/m0/s1. The number of nitrogens with one attached hydrogen (secondary N) is 1. The second kappa shape index (κ2) is 13.6. The molecule has 0 fully saturated rings. The van der Waals surface area contributed by atoms with Crippen molar-refractivity contribution in [3.63, 3.8) is 0 Å². The third-order valence-corrected chi connectivity index (χ3v) is 8.46. The number of hydrogen-bond donors (Lipinski definition) is 1. The van der Waals surface area contributed by atoms with E-state index in [4.69, 9.17) is 9.47 Å². The summed E-state index contributed by atoms with van der Waals surface area (Å²) in [6, 6.07) is 20.6. The van der Waals surface area contributed by atoms with E-state index >= 15 is 0 Å². The first-order valence-electron chi connectivity index (χ1n) is 12.5. The third-order valence-electron chi connectivity index (χ3n) is 5.93. The minimum atomic E-state index is -4.03. The number of rotatable bonds is 13. The first-order chi connectivity index (χ1) is 18.2. The lowest BCUT2D eigenvalue weighted by Crippen LogP contribution is -2.42. The Hall–Kier alpha value is -3.17. The van der Waals surface area contributed by atoms with Crippen molar-refractivity contribution >= 4 is 33.4 Å². The van der Waals surface area contributed by atoms with Crippen LogP contribution in [0, 0.1) is 5.92 Å². The van der Waals surface area contributed by atoms with E-state index in [1.165, 1.54) is 11.8 Å². The van der Waals surface area contributed by atoms with Crippen LogP contribution >= 0.6 is 11.8 Å². The minimum absolute atomic E-state index is 0.117. The van der Waals surface area contributed by atoms with Crippen molar-refractivity contribution < 1.29 is 22.7 Å². The molecule has 204 valence electrons. The second-order valence-electron chi connectivity index (χ2n) is 9.14. The Morgan fingerprint density at radius 3 is 2.08 bits per heavy atom. The molecule has 3 aromatic carbocycles. The van der Waals surface area contributed by atoms with Gasteiger partial charge in [0.15, 0.2) is 0 Å². The van der Waals surface area contributed by atoms with Gasteiger partial charge in [0.1, 0.15) is 18.0 Å². The Labute approximate surface area is 230 Å². The molecule has 0 saturated heterocycles. The Kier molecular flexibility index (Phi) is 10.5. The van der Waals surface area contributed by atoms with E-state index in [1.54, 1.807) is 55.6 Å². The van der Waals surface area contributed by atoms with Gasteiger partial charge in [0.25, 0.3) is 10.0 Å². The van der Waals surface area contributed by atoms with Gasteiger partial charge in [-0.25, -0.2) is 8.42 Å². The zero-order valence-corrected chi connectivity index (χ0v) is 24.1. The Morgan fingerprint density at radius 2 is 1.55 bits per heavy atom. The van der Waals surface area contributed by atoms with Crippen molar-refractivity contribution in [2.24, 2.45) is 5.92 Å². The minimum Gasteiger partial charge on any atom is -0.497 e. The highest BCUT2D eigenvalue weighted by molar-refractivity contribution is 7.98. The van der Waals surface area contributed by atoms with Crippen molar-refractivity contribution in [2.75, 3.05) is 30.8 Å². The molecule has 0 bridgehead atoms. The predicted octanol–water partition coefficient (Wildman–Crippen LogP) is 5.91. The largest absolute Gasteiger partial charge is 0.497 e. The third kappa shape index (κ3) is 7.68. The lowest BCUT2D eigenvalue weighted by Gasteiger charge is -2.27. The normalized spacial score (nSPS) is 12.2. The van der Waals surface area contributed by atoms with Gasteiger partial charge in [-0.2, -0.15) is 0 Å². The molecule has 7 nitrogen and oxygen atoms in total. The molecule has 1 atom stereocenters. The maximum atomic E-state index is 13.8. The number of methoxy groups -OCH3 is 1. The molecule has 38 heavy (non-hydrogen) atoms. The van der Waals surface area contributed by atoms with E-state index in [0.717, 1.165) is 20.5 Å². The summed E-state index contributed by atoms with van der Waals surface area (Å²) in [5.74, 6) is 1.26. The highest BCUT2D eigenvalue weighted by Crippen LogP contribution is 2.28. The number of benzene rings is 3. The summed E-state index contributed by atoms with van der Waals surface area (Å²) < 4.78 is 39.5. The molecule has 1 N–H and O–H groups in total. The number of hydrogen-bond acceptors (Lipinski definition) is 6. The summed E-state index contributed by atoms with van der Waals surface area (Å²) >= 11 is 1.53. The number of anilines is 1. The monoisotopic (exact) mass is 556 g/mol. The average Bonchev–Trinajstić information content (AvgIpc) is 2.92. The van der Waals surface area contributed by atoms with Crippen LogP contribution in [0.5, 0.6) is 11.5 Å². The van der Waals surface area contributed by atoms with Crippen molar-refractivity contribution in [3.8, 4) is 11.5 Å². The van der Waals surface area contributed by atoms with Gasteiger partial charge in [-0.1, -0.05) is 26.0 Å². The summed E-state index contributed by atoms with van der Waals surface area (Å²) in [4.78, 5) is 14.5. The molecule has 0 saturated carbocycles. The van der Waals surface area contributed by atoms with Crippen LogP contribution in [0.1, 0.15) is 38.8 Å². The fourth-order valence-corrected chi connectivity index (χ4v) is 5.85. The number of amides is 1. The lowest BCUT2D eigenvalue weighted by molar-refractivity contribution is -0.120. The van der Waals surface area contributed by atoms with Crippen molar-refractivity contribution in [1.29, 1.82) is 0 Å². The van der Waals surface area contributed by atoms with Crippen LogP contribution in [0.25, 0.3) is 0 Å². The highest BCUT2D eigenvalue weighted by atomic mass is 32.2. The fraction of sp³-hybridized carbons (Fsp3) is 0.345. The van der Waals surface area contributed by atoms with Crippen LogP contribution in [0.4, 0.5) is 5.69 Å². The maximum Gasteiger partial charge on any atom is 0.264 e. The Balaban J connectivity index is 1.92. The predicted molar refractivity (Wildman–Crippen MR) is 154 cm³/mol. The van der Waals surface area contributed by atoms with Gasteiger partial charge in [-0.05, 0) is 91.7 Å². The second-order valence-corrected chi connectivity index (χ2v) is 11.9. The van der Waals surface area contributed by atoms with Gasteiger partial charge >= 0.3 is 0 Å². The summed E-state index contributed by atoms with van der Waals surface area (Å²) in [7, 11) is -2.42. The van der Waals surface area contributed by atoms with Gasteiger partial charge < -0.3 is 14.8 Å². The van der Waals surface area contributed by atoms with Gasteiger partial charge in [-0.3, -0.25) is 9.10 Å². The number of carbonyl (C=O) groups excluding carboxylic acids is 1. The van der Waals surface area contributed by atoms with E-state index in [1.807, 2.05) is 37.4 Å². The van der Waals surface area contributed by atoms with E-state index < -0.39 is 15.9 Å². The molecule has 0 radical (unpaired) electrons. The molecule has 0 spiro atoms. The summed E-state index contributed by atoms with van der Waals surface area (Å²) in [6.07, 6.45) is 2.63. The Bertz CT molecular complexity index is 1280. The Morgan fingerprint density at radius 1 is 0.947 bits per heavy atom.